The molecule has 0 spiro atoms. The molecule has 1 aliphatic heterocycles. The van der Waals surface area contributed by atoms with Gasteiger partial charge in [0.25, 0.3) is 5.91 Å². The van der Waals surface area contributed by atoms with Gasteiger partial charge in [0.2, 0.25) is 5.91 Å². The van der Waals surface area contributed by atoms with Crippen LogP contribution in [0.25, 0.3) is 0 Å². The first kappa shape index (κ1) is 17.0. The van der Waals surface area contributed by atoms with Gasteiger partial charge in [-0.2, -0.15) is 0 Å². The number of nitrogens with zero attached hydrogens (tertiary/aromatic N) is 1. The Hall–Kier alpha value is -2.82. The fourth-order valence-electron chi connectivity index (χ4n) is 2.87. The van der Waals surface area contributed by atoms with Gasteiger partial charge in [-0.15, -0.1) is 0 Å². The molecule has 1 aliphatic rings. The van der Waals surface area contributed by atoms with Crippen molar-refractivity contribution in [3.05, 3.63) is 54.1 Å². The number of fused-ring (bicyclic) bond motifs is 1. The van der Waals surface area contributed by atoms with E-state index in [1.54, 1.807) is 24.0 Å². The molecule has 2 amide bonds. The fourth-order valence-corrected chi connectivity index (χ4v) is 2.87. The van der Waals surface area contributed by atoms with Crippen LogP contribution in [0.4, 0.5) is 11.4 Å². The highest BCUT2D eigenvalue weighted by atomic mass is 16.5. The highest BCUT2D eigenvalue weighted by Crippen LogP contribution is 2.37. The summed E-state index contributed by atoms with van der Waals surface area (Å²) in [5, 5.41) is 2.86. The summed E-state index contributed by atoms with van der Waals surface area (Å²) in [6.07, 6.45) is 0.717. The SMILES string of the molecule is CCCC(=O)Nc1ccc2c(c1)OC(C)C(=O)N2Cc1ccccc1. The zero-order chi connectivity index (χ0) is 17.8. The van der Waals surface area contributed by atoms with Crippen LogP contribution in [0.2, 0.25) is 0 Å². The third-order valence-electron chi connectivity index (χ3n) is 4.11. The van der Waals surface area contributed by atoms with Crippen molar-refractivity contribution in [2.45, 2.75) is 39.3 Å². The molecule has 2 aromatic carbocycles. The first-order valence-corrected chi connectivity index (χ1v) is 8.54. The van der Waals surface area contributed by atoms with Gasteiger partial charge in [0.05, 0.1) is 12.2 Å². The van der Waals surface area contributed by atoms with Gasteiger partial charge in [0.15, 0.2) is 6.10 Å². The second-order valence-electron chi connectivity index (χ2n) is 6.15. The average Bonchev–Trinajstić information content (AvgIpc) is 2.60. The van der Waals surface area contributed by atoms with Crippen molar-refractivity contribution in [3.63, 3.8) is 0 Å². The zero-order valence-corrected chi connectivity index (χ0v) is 14.5. The van der Waals surface area contributed by atoms with Gasteiger partial charge in [-0.1, -0.05) is 37.3 Å². The van der Waals surface area contributed by atoms with Crippen molar-refractivity contribution in [2.24, 2.45) is 0 Å². The fraction of sp³-hybridized carbons (Fsp3) is 0.300. The maximum absolute atomic E-state index is 12.6. The minimum atomic E-state index is -0.558. The number of hydrogen-bond donors (Lipinski definition) is 1. The van der Waals surface area contributed by atoms with E-state index in [2.05, 4.69) is 5.32 Å². The molecule has 1 unspecified atom stereocenters. The van der Waals surface area contributed by atoms with E-state index in [9.17, 15) is 9.59 Å². The van der Waals surface area contributed by atoms with Crippen LogP contribution in [0, 0.1) is 0 Å². The molecule has 0 saturated carbocycles. The van der Waals surface area contributed by atoms with Crippen molar-refractivity contribution in [2.75, 3.05) is 10.2 Å². The van der Waals surface area contributed by atoms with Crippen molar-refractivity contribution < 1.29 is 14.3 Å². The molecule has 0 aromatic heterocycles. The van der Waals surface area contributed by atoms with E-state index in [0.717, 1.165) is 17.7 Å². The normalized spacial score (nSPS) is 16.2. The molecule has 1 heterocycles. The van der Waals surface area contributed by atoms with Crippen molar-refractivity contribution in [1.29, 1.82) is 0 Å². The summed E-state index contributed by atoms with van der Waals surface area (Å²) in [7, 11) is 0. The van der Waals surface area contributed by atoms with Gasteiger partial charge >= 0.3 is 0 Å². The second-order valence-corrected chi connectivity index (χ2v) is 6.15. The Balaban J connectivity index is 1.87. The third kappa shape index (κ3) is 3.82. The molecule has 5 heteroatoms. The van der Waals surface area contributed by atoms with E-state index in [0.29, 0.717) is 24.4 Å². The summed E-state index contributed by atoms with van der Waals surface area (Å²) in [5.41, 5.74) is 2.45. The summed E-state index contributed by atoms with van der Waals surface area (Å²) in [6, 6.07) is 15.3. The zero-order valence-electron chi connectivity index (χ0n) is 14.5. The standard InChI is InChI=1S/C20H22N2O3/c1-3-7-19(23)21-16-10-11-17-18(12-16)25-14(2)20(24)22(17)13-15-8-5-4-6-9-15/h4-6,8-12,14H,3,7,13H2,1-2H3,(H,21,23). The van der Waals surface area contributed by atoms with Crippen LogP contribution in [-0.4, -0.2) is 17.9 Å². The van der Waals surface area contributed by atoms with E-state index in [4.69, 9.17) is 4.74 Å². The number of ether oxygens (including phenoxy) is 1. The first-order valence-electron chi connectivity index (χ1n) is 8.54. The van der Waals surface area contributed by atoms with Crippen LogP contribution < -0.4 is 15.0 Å². The largest absolute Gasteiger partial charge is 0.479 e. The summed E-state index contributed by atoms with van der Waals surface area (Å²) in [4.78, 5) is 26.1. The number of carbonyl (C=O) groups is 2. The quantitative estimate of drug-likeness (QED) is 0.903. The number of carbonyl (C=O) groups excluding carboxylic acids is 2. The van der Waals surface area contributed by atoms with Crippen LogP contribution in [0.15, 0.2) is 48.5 Å². The number of rotatable bonds is 5. The molecular formula is C20H22N2O3. The van der Waals surface area contributed by atoms with Gasteiger partial charge in [-0.25, -0.2) is 0 Å². The van der Waals surface area contributed by atoms with Crippen molar-refractivity contribution in [1.82, 2.24) is 0 Å². The van der Waals surface area contributed by atoms with E-state index in [1.165, 1.54) is 0 Å². The molecule has 1 N–H and O–H groups in total. The summed E-state index contributed by atoms with van der Waals surface area (Å²) in [5.74, 6) is 0.514. The van der Waals surface area contributed by atoms with Gasteiger partial charge in [0, 0.05) is 18.2 Å². The summed E-state index contributed by atoms with van der Waals surface area (Å²) < 4.78 is 5.75. The van der Waals surface area contributed by atoms with Crippen molar-refractivity contribution in [3.8, 4) is 5.75 Å². The smallest absolute Gasteiger partial charge is 0.268 e. The Bertz CT molecular complexity index is 774. The Kier molecular flexibility index (Phi) is 5.03. The highest BCUT2D eigenvalue weighted by Gasteiger charge is 2.31. The molecule has 0 saturated heterocycles. The van der Waals surface area contributed by atoms with Crippen LogP contribution in [0.3, 0.4) is 0 Å². The summed E-state index contributed by atoms with van der Waals surface area (Å²) in [6.45, 7) is 4.19. The lowest BCUT2D eigenvalue weighted by Crippen LogP contribution is -2.44. The molecule has 1 atom stereocenters. The molecule has 5 nitrogen and oxygen atoms in total. The van der Waals surface area contributed by atoms with Gasteiger partial charge in [-0.3, -0.25) is 9.59 Å². The number of nitrogens with one attached hydrogen (secondary N) is 1. The third-order valence-corrected chi connectivity index (χ3v) is 4.11. The molecule has 25 heavy (non-hydrogen) atoms. The number of hydrogen-bond acceptors (Lipinski definition) is 3. The molecule has 130 valence electrons. The van der Waals surface area contributed by atoms with Crippen LogP contribution in [0.5, 0.6) is 5.75 Å². The minimum absolute atomic E-state index is 0.0245. The Morgan fingerprint density at radius 2 is 1.96 bits per heavy atom. The molecular weight excluding hydrogens is 316 g/mol. The van der Waals surface area contributed by atoms with Gasteiger partial charge in [-0.05, 0) is 31.0 Å². The predicted molar refractivity (Wildman–Crippen MR) is 97.7 cm³/mol. The summed E-state index contributed by atoms with van der Waals surface area (Å²) >= 11 is 0. The maximum atomic E-state index is 12.6. The molecule has 0 aliphatic carbocycles. The van der Waals surface area contributed by atoms with Crippen LogP contribution in [-0.2, 0) is 16.1 Å². The van der Waals surface area contributed by atoms with Gasteiger partial charge in [0.1, 0.15) is 5.75 Å². The molecule has 0 radical (unpaired) electrons. The number of anilines is 2. The molecule has 0 bridgehead atoms. The Morgan fingerprint density at radius 1 is 1.20 bits per heavy atom. The number of amides is 2. The van der Waals surface area contributed by atoms with Crippen molar-refractivity contribution >= 4 is 23.2 Å². The Labute approximate surface area is 147 Å². The minimum Gasteiger partial charge on any atom is -0.479 e. The Morgan fingerprint density at radius 3 is 2.68 bits per heavy atom. The van der Waals surface area contributed by atoms with E-state index >= 15 is 0 Å². The monoisotopic (exact) mass is 338 g/mol. The lowest BCUT2D eigenvalue weighted by molar-refractivity contribution is -0.125. The maximum Gasteiger partial charge on any atom is 0.268 e. The average molecular weight is 338 g/mol. The lowest BCUT2D eigenvalue weighted by atomic mass is 10.1. The second kappa shape index (κ2) is 7.38. The molecule has 3 rings (SSSR count). The highest BCUT2D eigenvalue weighted by molar-refractivity contribution is 6.00. The molecule has 0 fully saturated rings. The lowest BCUT2D eigenvalue weighted by Gasteiger charge is -2.33. The van der Waals surface area contributed by atoms with Gasteiger partial charge < -0.3 is 15.0 Å². The number of benzene rings is 2. The van der Waals surface area contributed by atoms with Crippen LogP contribution >= 0.6 is 0 Å². The van der Waals surface area contributed by atoms with E-state index < -0.39 is 6.10 Å². The first-order chi connectivity index (χ1) is 12.1. The van der Waals surface area contributed by atoms with E-state index in [1.807, 2.05) is 43.3 Å². The molecule has 2 aromatic rings. The topological polar surface area (TPSA) is 58.6 Å². The van der Waals surface area contributed by atoms with E-state index in [-0.39, 0.29) is 11.8 Å². The predicted octanol–water partition coefficient (Wildman–Crippen LogP) is 3.74. The van der Waals surface area contributed by atoms with Crippen LogP contribution in [0.1, 0.15) is 32.3 Å².